The Hall–Kier alpha value is -3.86. The van der Waals surface area contributed by atoms with Gasteiger partial charge in [0.05, 0.1) is 11.4 Å². The van der Waals surface area contributed by atoms with Crippen molar-refractivity contribution in [1.29, 1.82) is 0 Å². The zero-order chi connectivity index (χ0) is 25.9. The summed E-state index contributed by atoms with van der Waals surface area (Å²) in [6.45, 7) is 0. The minimum atomic E-state index is -0.914. The van der Waals surface area contributed by atoms with Gasteiger partial charge in [0.25, 0.3) is 5.91 Å². The monoisotopic (exact) mass is 599 g/mol. The Bertz CT molecular complexity index is 1250. The number of carbonyl (C=O) groups excluding carboxylic acids is 3. The van der Waals surface area contributed by atoms with Crippen LogP contribution < -0.4 is 16.4 Å². The number of phenolic OH excluding ortho intramolecular Hbond substituents is 1. The summed E-state index contributed by atoms with van der Waals surface area (Å²) in [5, 5.41) is 15.3. The molecule has 0 heterocycles. The van der Waals surface area contributed by atoms with E-state index in [1.807, 2.05) is 0 Å². The molecule has 0 spiro atoms. The van der Waals surface area contributed by atoms with Gasteiger partial charge in [-0.05, 0) is 90.4 Å². The van der Waals surface area contributed by atoms with E-state index in [0.29, 0.717) is 41.8 Å². The van der Waals surface area contributed by atoms with E-state index in [2.05, 4.69) is 33.2 Å². The number of nitrogen functional groups attached to an aromatic ring is 1. The van der Waals surface area contributed by atoms with E-state index < -0.39 is 18.1 Å². The lowest BCUT2D eigenvalue weighted by Crippen LogP contribution is -2.32. The van der Waals surface area contributed by atoms with Crippen LogP contribution >= 0.6 is 22.6 Å². The summed E-state index contributed by atoms with van der Waals surface area (Å²) in [6.07, 6.45) is 2.84. The van der Waals surface area contributed by atoms with Gasteiger partial charge in [-0.25, -0.2) is 4.79 Å². The highest BCUT2D eigenvalue weighted by molar-refractivity contribution is 14.1. The van der Waals surface area contributed by atoms with Crippen molar-refractivity contribution in [2.24, 2.45) is 0 Å². The molecule has 0 saturated carbocycles. The van der Waals surface area contributed by atoms with Crippen LogP contribution in [0.4, 0.5) is 16.2 Å². The molecule has 3 aromatic rings. The number of carbonyl (C=O) groups is 3. The minimum Gasteiger partial charge on any atom is -0.508 e. The first-order valence-electron chi connectivity index (χ1n) is 11.2. The third kappa shape index (κ3) is 8.12. The second-order valence-electron chi connectivity index (χ2n) is 7.83. The number of anilines is 2. The van der Waals surface area contributed by atoms with Crippen LogP contribution in [0.3, 0.4) is 0 Å². The molecule has 0 bridgehead atoms. The highest BCUT2D eigenvalue weighted by Crippen LogP contribution is 2.32. The Labute approximate surface area is 222 Å². The largest absolute Gasteiger partial charge is 0.508 e. The molecule has 0 aliphatic carbocycles. The molecule has 0 radical (unpaired) electrons. The Balaban J connectivity index is 1.59. The molecule has 9 heteroatoms. The van der Waals surface area contributed by atoms with Gasteiger partial charge in [-0.1, -0.05) is 36.4 Å². The zero-order valence-electron chi connectivity index (χ0n) is 19.3. The molecular weight excluding hydrogens is 573 g/mol. The van der Waals surface area contributed by atoms with E-state index in [1.165, 1.54) is 12.1 Å². The number of benzene rings is 3. The predicted molar refractivity (Wildman–Crippen MR) is 146 cm³/mol. The number of rotatable bonds is 9. The molecule has 3 aromatic carbocycles. The van der Waals surface area contributed by atoms with Gasteiger partial charge in [0.2, 0.25) is 5.91 Å². The van der Waals surface area contributed by atoms with Crippen molar-refractivity contribution < 1.29 is 24.2 Å². The normalized spacial score (nSPS) is 11.6. The lowest BCUT2D eigenvalue weighted by molar-refractivity contribution is -0.111. The fourth-order valence-corrected chi connectivity index (χ4v) is 3.89. The highest BCUT2D eigenvalue weighted by Gasteiger charge is 2.22. The molecule has 3 rings (SSSR count). The van der Waals surface area contributed by atoms with E-state index in [4.69, 9.17) is 10.5 Å². The lowest BCUT2D eigenvalue weighted by Gasteiger charge is -2.19. The first-order chi connectivity index (χ1) is 17.3. The Kier molecular flexibility index (Phi) is 9.87. The summed E-state index contributed by atoms with van der Waals surface area (Å²) in [4.78, 5) is 36.9. The maximum Gasteiger partial charge on any atom is 0.414 e. The van der Waals surface area contributed by atoms with Crippen molar-refractivity contribution in [1.82, 2.24) is 5.32 Å². The summed E-state index contributed by atoms with van der Waals surface area (Å²) in [5.74, 6) is -0.910. The number of para-hydroxylation sites is 2. The SMILES string of the molecule is Nc1ccccc1NC(=O)/C=C/CCC[C@H](OC(=O)NC(=O)c1ccccc1)c1cc(I)ccc1O. The van der Waals surface area contributed by atoms with Gasteiger partial charge in [0, 0.05) is 14.7 Å². The predicted octanol–water partition coefficient (Wildman–Crippen LogP) is 5.55. The van der Waals surface area contributed by atoms with E-state index in [1.54, 1.807) is 72.8 Å². The Morgan fingerprint density at radius 2 is 1.75 bits per heavy atom. The topological polar surface area (TPSA) is 131 Å². The number of imide groups is 1. The molecule has 0 aliphatic heterocycles. The van der Waals surface area contributed by atoms with Crippen LogP contribution in [0.1, 0.15) is 41.3 Å². The van der Waals surface area contributed by atoms with Crippen LogP contribution in [0, 0.1) is 3.57 Å². The summed E-state index contributed by atoms with van der Waals surface area (Å²) >= 11 is 2.10. The maximum absolute atomic E-state index is 12.5. The number of hydrogen-bond acceptors (Lipinski definition) is 6. The van der Waals surface area contributed by atoms with Crippen molar-refractivity contribution in [3.63, 3.8) is 0 Å². The molecule has 3 amide bonds. The van der Waals surface area contributed by atoms with Crippen molar-refractivity contribution in [2.45, 2.75) is 25.4 Å². The second-order valence-corrected chi connectivity index (χ2v) is 9.07. The minimum absolute atomic E-state index is 0.0158. The average molecular weight is 599 g/mol. The molecular formula is C27H26IN3O5. The van der Waals surface area contributed by atoms with E-state index in [-0.39, 0.29) is 11.7 Å². The second kappa shape index (κ2) is 13.3. The zero-order valence-corrected chi connectivity index (χ0v) is 21.5. The molecule has 0 aromatic heterocycles. The number of nitrogens with one attached hydrogen (secondary N) is 2. The quantitative estimate of drug-likeness (QED) is 0.110. The third-order valence-electron chi connectivity index (χ3n) is 5.16. The summed E-state index contributed by atoms with van der Waals surface area (Å²) < 4.78 is 6.39. The van der Waals surface area contributed by atoms with Crippen molar-refractivity contribution >= 4 is 51.9 Å². The fraction of sp³-hybridized carbons (Fsp3) is 0.148. The molecule has 186 valence electrons. The van der Waals surface area contributed by atoms with E-state index in [9.17, 15) is 19.5 Å². The number of nitrogens with two attached hydrogens (primary N) is 1. The van der Waals surface area contributed by atoms with Crippen LogP contribution in [-0.2, 0) is 9.53 Å². The van der Waals surface area contributed by atoms with Crippen molar-refractivity contribution in [3.8, 4) is 5.75 Å². The Morgan fingerprint density at radius 3 is 2.50 bits per heavy atom. The van der Waals surface area contributed by atoms with Gasteiger partial charge in [0.1, 0.15) is 11.9 Å². The molecule has 36 heavy (non-hydrogen) atoms. The standard InChI is InChI=1S/C27H26IN3O5/c28-19-15-16-23(32)20(17-19)24(36-27(35)31-26(34)18-9-3-1-4-10-18)13-5-2-6-14-25(33)30-22-12-8-7-11-21(22)29/h1,3-4,6-12,14-17,24,32H,2,5,13,29H2,(H,30,33)(H,31,34,35)/b14-6+/t24-/m0/s1. The van der Waals surface area contributed by atoms with Gasteiger partial charge < -0.3 is 20.9 Å². The van der Waals surface area contributed by atoms with Crippen LogP contribution in [0.5, 0.6) is 5.75 Å². The van der Waals surface area contributed by atoms with E-state index >= 15 is 0 Å². The maximum atomic E-state index is 12.5. The van der Waals surface area contributed by atoms with Crippen molar-refractivity contribution in [3.05, 3.63) is 99.6 Å². The van der Waals surface area contributed by atoms with Crippen LogP contribution in [0.2, 0.25) is 0 Å². The highest BCUT2D eigenvalue weighted by atomic mass is 127. The van der Waals surface area contributed by atoms with Gasteiger partial charge in [-0.15, -0.1) is 0 Å². The first-order valence-corrected chi connectivity index (χ1v) is 12.3. The van der Waals surface area contributed by atoms with Crippen molar-refractivity contribution in [2.75, 3.05) is 11.1 Å². The van der Waals surface area contributed by atoms with E-state index in [0.717, 1.165) is 3.57 Å². The summed E-state index contributed by atoms with van der Waals surface area (Å²) in [5.41, 5.74) is 7.60. The van der Waals surface area contributed by atoms with Gasteiger partial charge in [-0.2, -0.15) is 0 Å². The number of unbranched alkanes of at least 4 members (excludes halogenated alkanes) is 1. The molecule has 0 saturated heterocycles. The fourth-order valence-electron chi connectivity index (χ4n) is 3.37. The lowest BCUT2D eigenvalue weighted by atomic mass is 10.0. The first kappa shape index (κ1) is 26.7. The summed E-state index contributed by atoms with van der Waals surface area (Å²) in [6, 6.07) is 20.3. The molecule has 0 aliphatic rings. The number of amides is 3. The van der Waals surface area contributed by atoms with Crippen LogP contribution in [0.15, 0.2) is 84.9 Å². The summed E-state index contributed by atoms with van der Waals surface area (Å²) in [7, 11) is 0. The molecule has 8 nitrogen and oxygen atoms in total. The third-order valence-corrected chi connectivity index (χ3v) is 5.83. The average Bonchev–Trinajstić information content (AvgIpc) is 2.86. The van der Waals surface area contributed by atoms with Gasteiger partial charge >= 0.3 is 6.09 Å². The molecule has 1 atom stereocenters. The number of halogens is 1. The van der Waals surface area contributed by atoms with Crippen LogP contribution in [-0.4, -0.2) is 23.0 Å². The van der Waals surface area contributed by atoms with Crippen LogP contribution in [0.25, 0.3) is 0 Å². The molecule has 0 fully saturated rings. The molecule has 0 unspecified atom stereocenters. The number of hydrogen-bond donors (Lipinski definition) is 4. The van der Waals surface area contributed by atoms with Gasteiger partial charge in [0.15, 0.2) is 0 Å². The molecule has 5 N–H and O–H groups in total. The number of phenols is 1. The Morgan fingerprint density at radius 1 is 1.03 bits per heavy atom. The number of aromatic hydroxyl groups is 1. The van der Waals surface area contributed by atoms with Gasteiger partial charge in [-0.3, -0.25) is 14.9 Å². The number of alkyl carbamates (subject to hydrolysis) is 1. The number of ether oxygens (including phenoxy) is 1. The number of allylic oxidation sites excluding steroid dienone is 1. The smallest absolute Gasteiger partial charge is 0.414 e.